The van der Waals surface area contributed by atoms with Crippen LogP contribution >= 0.6 is 0 Å². The number of carbonyl (C=O) groups excluding carboxylic acids is 1. The van der Waals surface area contributed by atoms with Crippen molar-refractivity contribution in [2.45, 2.75) is 58.7 Å². The molecule has 0 radical (unpaired) electrons. The molecule has 0 aromatic heterocycles. The number of hydrogen-bond acceptors (Lipinski definition) is 7. The number of methoxy groups -OCH3 is 2. The summed E-state index contributed by atoms with van der Waals surface area (Å²) in [4.78, 5) is 12.3. The molecule has 1 aliphatic carbocycles. The van der Waals surface area contributed by atoms with E-state index in [9.17, 15) is 20.1 Å². The number of carbonyl (C=O) groups is 1. The van der Waals surface area contributed by atoms with Crippen LogP contribution < -0.4 is 14.2 Å². The van der Waals surface area contributed by atoms with E-state index in [0.29, 0.717) is 41.1 Å². The van der Waals surface area contributed by atoms with E-state index in [2.05, 4.69) is 32.9 Å². The maximum atomic E-state index is 12.3. The molecule has 7 nitrogen and oxygen atoms in total. The van der Waals surface area contributed by atoms with Crippen LogP contribution in [-0.4, -0.2) is 47.0 Å². The molecule has 2 aromatic carbocycles. The lowest BCUT2D eigenvalue weighted by molar-refractivity contribution is -0.110. The van der Waals surface area contributed by atoms with Crippen LogP contribution in [0.4, 0.5) is 0 Å². The molecule has 3 rings (SSSR count). The fraction of sp³-hybridized carbons (Fsp3) is 0.361. The Morgan fingerprint density at radius 1 is 1.02 bits per heavy atom. The number of rotatable bonds is 13. The van der Waals surface area contributed by atoms with Crippen molar-refractivity contribution in [3.05, 3.63) is 95.3 Å². The van der Waals surface area contributed by atoms with Crippen LogP contribution in [0.5, 0.6) is 23.0 Å². The molecule has 0 amide bonds. The number of phenolic OH excluding ortho intramolecular Hbond substituents is 1. The number of hydrogen-bond donors (Lipinski definition) is 3. The molecule has 0 spiro atoms. The lowest BCUT2D eigenvalue weighted by atomic mass is 9.77. The number of aliphatic hydroxyl groups excluding tert-OH is 1. The van der Waals surface area contributed by atoms with Crippen molar-refractivity contribution in [2.24, 2.45) is 11.8 Å². The van der Waals surface area contributed by atoms with Gasteiger partial charge in [-0.15, -0.1) is 0 Å². The van der Waals surface area contributed by atoms with Crippen LogP contribution in [0.1, 0.15) is 58.1 Å². The summed E-state index contributed by atoms with van der Waals surface area (Å²) in [5.74, 6) is 1.43. The van der Waals surface area contributed by atoms with Gasteiger partial charge in [0.25, 0.3) is 0 Å². The van der Waals surface area contributed by atoms with Gasteiger partial charge in [0.05, 0.1) is 14.2 Å². The third-order valence-corrected chi connectivity index (χ3v) is 7.56. The molecule has 0 heterocycles. The quantitative estimate of drug-likeness (QED) is 0.0957. The molecule has 1 aliphatic rings. The van der Waals surface area contributed by atoms with E-state index in [4.69, 9.17) is 14.2 Å². The van der Waals surface area contributed by atoms with Crippen molar-refractivity contribution < 1.29 is 34.3 Å². The Bertz CT molecular complexity index is 1410. The summed E-state index contributed by atoms with van der Waals surface area (Å²) in [7, 11) is 3.00. The van der Waals surface area contributed by atoms with Gasteiger partial charge in [0.2, 0.25) is 0 Å². The predicted molar refractivity (Wildman–Crippen MR) is 172 cm³/mol. The monoisotopic (exact) mass is 588 g/mol. The van der Waals surface area contributed by atoms with Crippen molar-refractivity contribution in [3.8, 4) is 23.0 Å². The Morgan fingerprint density at radius 2 is 1.67 bits per heavy atom. The topological polar surface area (TPSA) is 105 Å². The van der Waals surface area contributed by atoms with E-state index in [1.807, 2.05) is 12.1 Å². The van der Waals surface area contributed by atoms with Crippen LogP contribution in [0.25, 0.3) is 12.2 Å². The molecule has 4 atom stereocenters. The van der Waals surface area contributed by atoms with E-state index >= 15 is 0 Å². The first kappa shape index (κ1) is 33.3. The average Bonchev–Trinajstić information content (AvgIpc) is 2.96. The van der Waals surface area contributed by atoms with E-state index < -0.39 is 17.5 Å². The fourth-order valence-electron chi connectivity index (χ4n) is 4.87. The minimum atomic E-state index is -1.12. The second kappa shape index (κ2) is 15.3. The molecule has 0 fully saturated rings. The van der Waals surface area contributed by atoms with Crippen molar-refractivity contribution in [1.29, 1.82) is 0 Å². The van der Waals surface area contributed by atoms with Crippen LogP contribution in [0.15, 0.2) is 84.2 Å². The second-order valence-corrected chi connectivity index (χ2v) is 11.4. The summed E-state index contributed by atoms with van der Waals surface area (Å²) in [5, 5.41) is 31.0. The third-order valence-electron chi connectivity index (χ3n) is 7.56. The summed E-state index contributed by atoms with van der Waals surface area (Å²) in [5.41, 5.74) is 1.59. The molecule has 2 aromatic rings. The van der Waals surface area contributed by atoms with E-state index in [1.54, 1.807) is 50.5 Å². The van der Waals surface area contributed by atoms with Crippen molar-refractivity contribution in [1.82, 2.24) is 0 Å². The first-order valence-electron chi connectivity index (χ1n) is 14.5. The first-order valence-corrected chi connectivity index (χ1v) is 14.5. The minimum Gasteiger partial charge on any atom is -0.508 e. The zero-order chi connectivity index (χ0) is 31.6. The SMILES string of the molecule is COc1cc(C=CC(=O)C=C(O)C=Cc2ccc(OC3CC(C(C)CCC=C(C)C)C=CC3(C)O)c(OC)c2)ccc1O. The zero-order valence-electron chi connectivity index (χ0n) is 25.9. The minimum absolute atomic E-state index is 0.00687. The van der Waals surface area contributed by atoms with Gasteiger partial charge in [-0.2, -0.15) is 0 Å². The zero-order valence-corrected chi connectivity index (χ0v) is 25.9. The van der Waals surface area contributed by atoms with Crippen LogP contribution in [0.3, 0.4) is 0 Å². The van der Waals surface area contributed by atoms with Gasteiger partial charge in [0.1, 0.15) is 17.5 Å². The molecule has 0 bridgehead atoms. The van der Waals surface area contributed by atoms with E-state index in [1.165, 1.54) is 30.9 Å². The van der Waals surface area contributed by atoms with Gasteiger partial charge in [-0.1, -0.05) is 55.0 Å². The maximum Gasteiger partial charge on any atom is 0.182 e. The third kappa shape index (κ3) is 9.93. The highest BCUT2D eigenvalue weighted by Gasteiger charge is 2.38. The maximum absolute atomic E-state index is 12.3. The van der Waals surface area contributed by atoms with Crippen LogP contribution in [0, 0.1) is 11.8 Å². The number of benzene rings is 2. The smallest absolute Gasteiger partial charge is 0.182 e. The average molecular weight is 589 g/mol. The summed E-state index contributed by atoms with van der Waals surface area (Å²) in [6.45, 7) is 8.22. The molecule has 0 saturated heterocycles. The van der Waals surface area contributed by atoms with Crippen LogP contribution in [-0.2, 0) is 4.79 Å². The summed E-state index contributed by atoms with van der Waals surface area (Å²) >= 11 is 0. The second-order valence-electron chi connectivity index (χ2n) is 11.4. The van der Waals surface area contributed by atoms with Crippen molar-refractivity contribution in [3.63, 3.8) is 0 Å². The van der Waals surface area contributed by atoms with Gasteiger partial charge in [0.15, 0.2) is 28.8 Å². The molecule has 0 aliphatic heterocycles. The number of phenols is 1. The molecular weight excluding hydrogens is 544 g/mol. The molecular formula is C36H44O7. The standard InChI is InChI=1S/C36H44O7/c1-24(2)8-7-9-25(3)28-18-19-36(4,40)35(22-28)43-32-17-13-27(21-34(32)42-6)11-15-30(38)23-29(37)14-10-26-12-16-31(39)33(20-26)41-5/h8,10-21,23,25,28,35,38-40H,7,9,22H2,1-6H3. The lowest BCUT2D eigenvalue weighted by Gasteiger charge is -2.38. The molecule has 4 unspecified atom stereocenters. The number of aliphatic hydroxyl groups is 2. The number of aromatic hydroxyl groups is 1. The highest BCUT2D eigenvalue weighted by Crippen LogP contribution is 2.38. The van der Waals surface area contributed by atoms with E-state index in [0.717, 1.165) is 24.5 Å². The van der Waals surface area contributed by atoms with E-state index in [-0.39, 0.29) is 11.5 Å². The summed E-state index contributed by atoms with van der Waals surface area (Å²) in [6, 6.07) is 10.1. The summed E-state index contributed by atoms with van der Waals surface area (Å²) in [6.07, 6.45) is 15.6. The Balaban J connectivity index is 1.66. The largest absolute Gasteiger partial charge is 0.508 e. The molecule has 0 saturated carbocycles. The van der Waals surface area contributed by atoms with Gasteiger partial charge in [-0.05, 0) is 99.4 Å². The Morgan fingerprint density at radius 3 is 2.35 bits per heavy atom. The van der Waals surface area contributed by atoms with Gasteiger partial charge in [-0.3, -0.25) is 4.79 Å². The Labute approximate surface area is 255 Å². The lowest BCUT2D eigenvalue weighted by Crippen LogP contribution is -2.46. The Hall–Kier alpha value is -4.23. The Kier molecular flexibility index (Phi) is 11.8. The molecule has 7 heteroatoms. The number of ketones is 1. The van der Waals surface area contributed by atoms with Gasteiger partial charge in [-0.25, -0.2) is 0 Å². The number of ether oxygens (including phenoxy) is 3. The molecule has 3 N–H and O–H groups in total. The fourth-order valence-corrected chi connectivity index (χ4v) is 4.87. The van der Waals surface area contributed by atoms with Gasteiger partial charge in [0, 0.05) is 6.08 Å². The highest BCUT2D eigenvalue weighted by molar-refractivity contribution is 6.02. The highest BCUT2D eigenvalue weighted by atomic mass is 16.5. The van der Waals surface area contributed by atoms with Gasteiger partial charge < -0.3 is 29.5 Å². The van der Waals surface area contributed by atoms with Crippen molar-refractivity contribution >= 4 is 17.9 Å². The predicted octanol–water partition coefficient (Wildman–Crippen LogP) is 7.60. The summed E-state index contributed by atoms with van der Waals surface area (Å²) < 4.78 is 17.0. The molecule has 43 heavy (non-hydrogen) atoms. The van der Waals surface area contributed by atoms with Crippen LogP contribution in [0.2, 0.25) is 0 Å². The normalized spacial score (nSPS) is 21.1. The molecule has 230 valence electrons. The first-order chi connectivity index (χ1) is 20.4. The number of allylic oxidation sites excluding steroid dienone is 6. The van der Waals surface area contributed by atoms with Gasteiger partial charge >= 0.3 is 0 Å². The van der Waals surface area contributed by atoms with Crippen molar-refractivity contribution in [2.75, 3.05) is 14.2 Å².